The fraction of sp³-hybridized carbons (Fsp3) is 0.565. The number of fused-ring (bicyclic) bond motifs is 2. The van der Waals surface area contributed by atoms with Crippen LogP contribution in [0.15, 0.2) is 23.5 Å². The highest BCUT2D eigenvalue weighted by molar-refractivity contribution is 7.90. The first kappa shape index (κ1) is 25.9. The Labute approximate surface area is 210 Å². The van der Waals surface area contributed by atoms with Gasteiger partial charge in [0.05, 0.1) is 49.9 Å². The Morgan fingerprint density at radius 2 is 1.89 bits per heavy atom. The summed E-state index contributed by atoms with van der Waals surface area (Å²) in [5.41, 5.74) is 1.04. The molecular formula is C23H31N5O7S. The summed E-state index contributed by atoms with van der Waals surface area (Å²) in [5, 5.41) is 3.11. The Bertz CT molecular complexity index is 1210. The predicted molar refractivity (Wildman–Crippen MR) is 129 cm³/mol. The molecule has 2 aliphatic rings. The van der Waals surface area contributed by atoms with Gasteiger partial charge in [-0.3, -0.25) is 4.90 Å². The smallest absolute Gasteiger partial charge is 0.410 e. The van der Waals surface area contributed by atoms with E-state index < -0.39 is 9.84 Å². The molecule has 2 fully saturated rings. The van der Waals surface area contributed by atoms with Gasteiger partial charge in [-0.05, 0) is 32.9 Å². The van der Waals surface area contributed by atoms with Crippen LogP contribution >= 0.6 is 0 Å². The first-order chi connectivity index (χ1) is 17.1. The zero-order chi connectivity index (χ0) is 26.0. The molecule has 36 heavy (non-hydrogen) atoms. The van der Waals surface area contributed by atoms with E-state index in [1.807, 2.05) is 13.8 Å². The molecule has 0 saturated carbocycles. The number of piperidine rings is 1. The number of pyridine rings is 1. The van der Waals surface area contributed by atoms with Crippen molar-refractivity contribution < 1.29 is 32.2 Å². The number of carbonyl (C=O) groups is 1. The Morgan fingerprint density at radius 1 is 1.19 bits per heavy atom. The second-order valence-electron chi connectivity index (χ2n) is 9.14. The minimum absolute atomic E-state index is 0.0117. The standard InChI is InChI=1S/C23H31N5O7S/c1-13(2)34-23(29)28-15-8-17(9-16(28)11-33-10-15)35-22-20(32-4)21(24-12-25-22)27-18-6-7-19(26-14(18)3)36(5,30)31/h6-7,12-13,15-17H,8-11H2,1-5H3,(H,24,25,27). The van der Waals surface area contributed by atoms with Gasteiger partial charge < -0.3 is 24.3 Å². The third kappa shape index (κ3) is 5.62. The quantitative estimate of drug-likeness (QED) is 0.574. The van der Waals surface area contributed by atoms with Gasteiger partial charge in [-0.1, -0.05) is 0 Å². The molecule has 2 saturated heterocycles. The molecule has 2 unspecified atom stereocenters. The van der Waals surface area contributed by atoms with Crippen LogP contribution in [0.2, 0.25) is 0 Å². The number of aryl methyl sites for hydroxylation is 1. The van der Waals surface area contributed by atoms with Crippen LogP contribution in [0.3, 0.4) is 0 Å². The van der Waals surface area contributed by atoms with Crippen LogP contribution in [-0.2, 0) is 19.3 Å². The van der Waals surface area contributed by atoms with Crippen LogP contribution in [0.25, 0.3) is 0 Å². The summed E-state index contributed by atoms with van der Waals surface area (Å²) >= 11 is 0. The number of hydrogen-bond donors (Lipinski definition) is 1. The molecule has 4 rings (SSSR count). The summed E-state index contributed by atoms with van der Waals surface area (Å²) in [4.78, 5) is 27.1. The van der Waals surface area contributed by atoms with Gasteiger partial charge in [0.25, 0.3) is 5.88 Å². The van der Waals surface area contributed by atoms with Crippen LogP contribution in [0.1, 0.15) is 32.4 Å². The van der Waals surface area contributed by atoms with Crippen molar-refractivity contribution in [2.45, 2.75) is 62.9 Å². The maximum Gasteiger partial charge on any atom is 0.410 e. The number of hydrogen-bond acceptors (Lipinski definition) is 11. The largest absolute Gasteiger partial charge is 0.489 e. The molecule has 0 aromatic carbocycles. The van der Waals surface area contributed by atoms with E-state index in [1.165, 1.54) is 19.5 Å². The maximum absolute atomic E-state index is 12.6. The highest BCUT2D eigenvalue weighted by Crippen LogP contribution is 2.37. The molecule has 0 spiro atoms. The Kier molecular flexibility index (Phi) is 7.50. The monoisotopic (exact) mass is 521 g/mol. The summed E-state index contributed by atoms with van der Waals surface area (Å²) in [6.07, 6.45) is 2.81. The summed E-state index contributed by atoms with van der Waals surface area (Å²) in [7, 11) is -1.94. The molecule has 196 valence electrons. The number of rotatable bonds is 7. The molecule has 2 bridgehead atoms. The first-order valence-corrected chi connectivity index (χ1v) is 13.5. The van der Waals surface area contributed by atoms with E-state index in [9.17, 15) is 13.2 Å². The average molecular weight is 522 g/mol. The van der Waals surface area contributed by atoms with Crippen molar-refractivity contribution in [3.63, 3.8) is 0 Å². The zero-order valence-electron chi connectivity index (χ0n) is 20.9. The highest BCUT2D eigenvalue weighted by Gasteiger charge is 2.44. The minimum atomic E-state index is -3.42. The summed E-state index contributed by atoms with van der Waals surface area (Å²) in [6, 6.07) is 2.71. The van der Waals surface area contributed by atoms with Crippen LogP contribution in [0.5, 0.6) is 11.6 Å². The number of methoxy groups -OCH3 is 1. The molecule has 1 N–H and O–H groups in total. The van der Waals surface area contributed by atoms with Crippen molar-refractivity contribution in [2.75, 3.05) is 31.9 Å². The van der Waals surface area contributed by atoms with Gasteiger partial charge in [-0.2, -0.15) is 4.98 Å². The lowest BCUT2D eigenvalue weighted by atomic mass is 9.92. The number of nitrogens with one attached hydrogen (secondary N) is 1. The van der Waals surface area contributed by atoms with Crippen molar-refractivity contribution in [3.8, 4) is 11.6 Å². The molecule has 0 radical (unpaired) electrons. The van der Waals surface area contributed by atoms with Gasteiger partial charge in [0.2, 0.25) is 5.75 Å². The van der Waals surface area contributed by atoms with E-state index in [1.54, 1.807) is 17.9 Å². The number of carbonyl (C=O) groups excluding carboxylic acids is 1. The molecule has 12 nitrogen and oxygen atoms in total. The van der Waals surface area contributed by atoms with E-state index in [4.69, 9.17) is 18.9 Å². The Hall–Kier alpha value is -3.19. The molecule has 2 aliphatic heterocycles. The van der Waals surface area contributed by atoms with Gasteiger partial charge in [0.1, 0.15) is 12.4 Å². The van der Waals surface area contributed by atoms with Crippen molar-refractivity contribution >= 4 is 27.4 Å². The third-order valence-electron chi connectivity index (χ3n) is 5.97. The topological polar surface area (TPSA) is 142 Å². The number of amides is 1. The summed E-state index contributed by atoms with van der Waals surface area (Å²) in [6.45, 7) is 6.16. The highest BCUT2D eigenvalue weighted by atomic mass is 32.2. The van der Waals surface area contributed by atoms with Crippen LogP contribution in [0, 0.1) is 6.92 Å². The molecular weight excluding hydrogens is 490 g/mol. The average Bonchev–Trinajstić information content (AvgIpc) is 2.79. The van der Waals surface area contributed by atoms with E-state index in [0.29, 0.717) is 49.0 Å². The Morgan fingerprint density at radius 3 is 2.47 bits per heavy atom. The number of aromatic nitrogens is 3. The van der Waals surface area contributed by atoms with Crippen molar-refractivity contribution in [1.29, 1.82) is 0 Å². The van der Waals surface area contributed by atoms with Gasteiger partial charge in [-0.15, -0.1) is 0 Å². The van der Waals surface area contributed by atoms with E-state index in [0.717, 1.165) is 6.26 Å². The maximum atomic E-state index is 12.6. The fourth-order valence-corrected chi connectivity index (χ4v) is 5.02. The van der Waals surface area contributed by atoms with E-state index in [-0.39, 0.29) is 41.3 Å². The second kappa shape index (κ2) is 10.4. The Balaban J connectivity index is 1.51. The van der Waals surface area contributed by atoms with E-state index in [2.05, 4.69) is 20.3 Å². The number of ether oxygens (including phenoxy) is 4. The van der Waals surface area contributed by atoms with Gasteiger partial charge in [-0.25, -0.2) is 23.2 Å². The van der Waals surface area contributed by atoms with Crippen LogP contribution < -0.4 is 14.8 Å². The van der Waals surface area contributed by atoms with Gasteiger partial charge >= 0.3 is 6.09 Å². The zero-order valence-corrected chi connectivity index (χ0v) is 21.7. The second-order valence-corrected chi connectivity index (χ2v) is 11.1. The molecule has 1 amide bonds. The number of morpholine rings is 1. The van der Waals surface area contributed by atoms with Crippen molar-refractivity contribution in [1.82, 2.24) is 19.9 Å². The predicted octanol–water partition coefficient (Wildman–Crippen LogP) is 2.49. The lowest BCUT2D eigenvalue weighted by Crippen LogP contribution is -2.61. The van der Waals surface area contributed by atoms with Gasteiger partial charge in [0.15, 0.2) is 20.7 Å². The lowest BCUT2D eigenvalue weighted by molar-refractivity contribution is -0.0935. The molecule has 4 heterocycles. The van der Waals surface area contributed by atoms with Gasteiger partial charge in [0, 0.05) is 19.1 Å². The molecule has 0 aliphatic carbocycles. The van der Waals surface area contributed by atoms with Crippen LogP contribution in [0.4, 0.5) is 16.3 Å². The number of nitrogens with zero attached hydrogens (tertiary/aromatic N) is 4. The third-order valence-corrected chi connectivity index (χ3v) is 6.96. The molecule has 2 atom stereocenters. The SMILES string of the molecule is COc1c(Nc2ccc(S(C)(=O)=O)nc2C)ncnc1OC1CC2COCC(C1)N2C(=O)OC(C)C. The normalized spacial score (nSPS) is 21.7. The minimum Gasteiger partial charge on any atom is -0.489 e. The molecule has 13 heteroatoms. The van der Waals surface area contributed by atoms with E-state index >= 15 is 0 Å². The fourth-order valence-electron chi connectivity index (χ4n) is 4.40. The summed E-state index contributed by atoms with van der Waals surface area (Å²) < 4.78 is 46.5. The summed E-state index contributed by atoms with van der Waals surface area (Å²) in [5.74, 6) is 0.906. The van der Waals surface area contributed by atoms with Crippen LogP contribution in [-0.4, -0.2) is 85.2 Å². The molecule has 2 aromatic rings. The van der Waals surface area contributed by atoms with Crippen molar-refractivity contribution in [3.05, 3.63) is 24.2 Å². The van der Waals surface area contributed by atoms with Crippen molar-refractivity contribution in [2.24, 2.45) is 0 Å². The molecule has 2 aromatic heterocycles. The first-order valence-electron chi connectivity index (χ1n) is 11.6. The number of sulfone groups is 1. The number of anilines is 2. The lowest BCUT2D eigenvalue weighted by Gasteiger charge is -2.47.